The van der Waals surface area contributed by atoms with Crippen molar-refractivity contribution in [3.8, 4) is 5.75 Å². The predicted molar refractivity (Wildman–Crippen MR) is 72.8 cm³/mol. The highest BCUT2D eigenvalue weighted by molar-refractivity contribution is 7.65. The maximum absolute atomic E-state index is 5.91. The van der Waals surface area contributed by atoms with Gasteiger partial charge in [0, 0.05) is 11.6 Å². The van der Waals surface area contributed by atoms with Crippen LogP contribution in [0.3, 0.4) is 0 Å². The summed E-state index contributed by atoms with van der Waals surface area (Å²) in [6.45, 7) is 6.69. The van der Waals surface area contributed by atoms with Gasteiger partial charge in [-0.1, -0.05) is 6.07 Å². The highest BCUT2D eigenvalue weighted by atomic mass is 31.2. The van der Waals surface area contributed by atoms with Crippen molar-refractivity contribution in [3.05, 3.63) is 36.5 Å². The van der Waals surface area contributed by atoms with Gasteiger partial charge in [0.2, 0.25) is 0 Å². The van der Waals surface area contributed by atoms with Gasteiger partial charge in [-0.2, -0.15) is 4.52 Å². The lowest BCUT2D eigenvalue weighted by atomic mass is 10.2. The Bertz CT molecular complexity index is 514. The third kappa shape index (κ3) is 3.15. The topological polar surface area (TPSA) is 31.4 Å². The smallest absolute Gasteiger partial charge is 0.313 e. The summed E-state index contributed by atoms with van der Waals surface area (Å²) in [7, 11) is -1.76. The molecule has 0 atom stereocenters. The molecular formula is C13H17NO2P+. The Morgan fingerprint density at radius 1 is 1.24 bits per heavy atom. The second-order valence-electron chi connectivity index (χ2n) is 4.12. The first-order chi connectivity index (χ1) is 8.11. The number of benzene rings is 1. The summed E-state index contributed by atoms with van der Waals surface area (Å²) in [4.78, 5) is 4.28. The first kappa shape index (κ1) is 12.3. The molecule has 0 aliphatic rings. The first-order valence-electron chi connectivity index (χ1n) is 5.63. The van der Waals surface area contributed by atoms with E-state index in [9.17, 15) is 0 Å². The van der Waals surface area contributed by atoms with Crippen molar-refractivity contribution in [2.45, 2.75) is 6.92 Å². The van der Waals surface area contributed by atoms with E-state index < -0.39 is 7.72 Å². The quantitative estimate of drug-likeness (QED) is 0.774. The van der Waals surface area contributed by atoms with Gasteiger partial charge in [0.05, 0.1) is 12.1 Å². The number of hydrogen-bond acceptors (Lipinski definition) is 3. The molecule has 1 aromatic carbocycles. The van der Waals surface area contributed by atoms with Crippen LogP contribution < -0.4 is 4.52 Å². The molecule has 0 saturated heterocycles. The molecule has 0 radical (unpaired) electrons. The third-order valence-corrected chi connectivity index (χ3v) is 3.87. The largest absolute Gasteiger partial charge is 0.320 e. The summed E-state index contributed by atoms with van der Waals surface area (Å²) >= 11 is 0. The summed E-state index contributed by atoms with van der Waals surface area (Å²) < 4.78 is 11.5. The van der Waals surface area contributed by atoms with E-state index in [4.69, 9.17) is 9.05 Å². The van der Waals surface area contributed by atoms with E-state index >= 15 is 0 Å². The molecule has 2 aromatic rings. The fourth-order valence-corrected chi connectivity index (χ4v) is 3.00. The van der Waals surface area contributed by atoms with E-state index in [1.54, 1.807) is 6.20 Å². The number of nitrogens with zero attached hydrogens (tertiary/aromatic N) is 1. The summed E-state index contributed by atoms with van der Waals surface area (Å²) in [5.41, 5.74) is 0.979. The maximum Gasteiger partial charge on any atom is 0.313 e. The maximum atomic E-state index is 5.91. The zero-order valence-corrected chi connectivity index (χ0v) is 11.3. The highest BCUT2D eigenvalue weighted by Gasteiger charge is 2.29. The van der Waals surface area contributed by atoms with Crippen molar-refractivity contribution in [1.82, 2.24) is 4.98 Å². The van der Waals surface area contributed by atoms with Crippen molar-refractivity contribution in [2.24, 2.45) is 0 Å². The summed E-state index contributed by atoms with van der Waals surface area (Å²) in [6, 6.07) is 9.87. The number of pyridine rings is 1. The molecule has 0 saturated carbocycles. The lowest BCUT2D eigenvalue weighted by molar-refractivity contribution is 0.323. The molecule has 0 fully saturated rings. The van der Waals surface area contributed by atoms with E-state index in [0.29, 0.717) is 6.61 Å². The van der Waals surface area contributed by atoms with Gasteiger partial charge in [-0.05, 0) is 31.2 Å². The predicted octanol–water partition coefficient (Wildman–Crippen LogP) is 3.76. The molecule has 0 aliphatic heterocycles. The van der Waals surface area contributed by atoms with Crippen molar-refractivity contribution in [2.75, 3.05) is 19.9 Å². The monoisotopic (exact) mass is 250 g/mol. The van der Waals surface area contributed by atoms with Crippen LogP contribution in [0.5, 0.6) is 5.75 Å². The second kappa shape index (κ2) is 4.99. The molecule has 1 aromatic heterocycles. The molecule has 0 N–H and O–H groups in total. The van der Waals surface area contributed by atoms with Crippen LogP contribution in [0.25, 0.3) is 10.9 Å². The molecule has 0 amide bonds. The minimum atomic E-state index is -1.76. The zero-order chi connectivity index (χ0) is 12.3. The molecule has 0 aliphatic carbocycles. The van der Waals surface area contributed by atoms with Gasteiger partial charge in [0.25, 0.3) is 0 Å². The SMILES string of the molecule is CCO[P+](C)(C)Oc1ccc2ncccc2c1. The van der Waals surface area contributed by atoms with E-state index in [1.807, 2.05) is 50.6 Å². The van der Waals surface area contributed by atoms with Crippen molar-refractivity contribution in [3.63, 3.8) is 0 Å². The molecule has 90 valence electrons. The summed E-state index contributed by atoms with van der Waals surface area (Å²) in [5.74, 6) is 0.845. The molecule has 1 heterocycles. The Kier molecular flexibility index (Phi) is 3.60. The first-order valence-corrected chi connectivity index (χ1v) is 8.15. The fourth-order valence-electron chi connectivity index (χ4n) is 1.70. The van der Waals surface area contributed by atoms with Crippen molar-refractivity contribution < 1.29 is 9.05 Å². The number of fused-ring (bicyclic) bond motifs is 1. The number of aromatic nitrogens is 1. The van der Waals surface area contributed by atoms with Gasteiger partial charge >= 0.3 is 7.72 Å². The molecule has 17 heavy (non-hydrogen) atoms. The lowest BCUT2D eigenvalue weighted by Crippen LogP contribution is -2.02. The Morgan fingerprint density at radius 3 is 2.82 bits per heavy atom. The van der Waals surface area contributed by atoms with Gasteiger partial charge < -0.3 is 4.52 Å². The molecule has 3 nitrogen and oxygen atoms in total. The number of hydrogen-bond donors (Lipinski definition) is 0. The molecule has 0 unspecified atom stereocenters. The zero-order valence-electron chi connectivity index (χ0n) is 10.4. The molecule has 2 rings (SSSR count). The van der Waals surface area contributed by atoms with Crippen LogP contribution in [0.2, 0.25) is 0 Å². The average Bonchev–Trinajstić information content (AvgIpc) is 2.28. The van der Waals surface area contributed by atoms with Gasteiger partial charge in [-0.15, -0.1) is 0 Å². The number of rotatable bonds is 4. The second-order valence-corrected chi connectivity index (χ2v) is 7.06. The molecule has 0 bridgehead atoms. The lowest BCUT2D eigenvalue weighted by Gasteiger charge is -2.15. The van der Waals surface area contributed by atoms with E-state index in [-0.39, 0.29) is 0 Å². The highest BCUT2D eigenvalue weighted by Crippen LogP contribution is 2.53. The van der Waals surface area contributed by atoms with Crippen molar-refractivity contribution in [1.29, 1.82) is 0 Å². The van der Waals surface area contributed by atoms with Crippen LogP contribution in [0.15, 0.2) is 36.5 Å². The van der Waals surface area contributed by atoms with E-state index in [0.717, 1.165) is 16.7 Å². The summed E-state index contributed by atoms with van der Waals surface area (Å²) in [6.07, 6.45) is 1.79. The molecular weight excluding hydrogens is 233 g/mol. The van der Waals surface area contributed by atoms with Gasteiger partial charge in [0.15, 0.2) is 5.75 Å². The Balaban J connectivity index is 2.25. The van der Waals surface area contributed by atoms with Gasteiger partial charge in [-0.25, -0.2) is 0 Å². The van der Waals surface area contributed by atoms with Gasteiger partial charge in [-0.3, -0.25) is 4.98 Å². The van der Waals surface area contributed by atoms with Crippen LogP contribution in [0.1, 0.15) is 6.92 Å². The van der Waals surface area contributed by atoms with Crippen LogP contribution in [-0.4, -0.2) is 24.9 Å². The van der Waals surface area contributed by atoms with Crippen LogP contribution in [0, 0.1) is 0 Å². The minimum Gasteiger partial charge on any atom is -0.320 e. The molecule has 0 spiro atoms. The van der Waals surface area contributed by atoms with Crippen LogP contribution >= 0.6 is 7.72 Å². The van der Waals surface area contributed by atoms with Crippen LogP contribution in [0.4, 0.5) is 0 Å². The summed E-state index contributed by atoms with van der Waals surface area (Å²) in [5, 5.41) is 1.08. The fraction of sp³-hybridized carbons (Fsp3) is 0.308. The van der Waals surface area contributed by atoms with E-state index in [1.165, 1.54) is 0 Å². The Morgan fingerprint density at radius 2 is 2.06 bits per heavy atom. The minimum absolute atomic E-state index is 0.677. The third-order valence-electron chi connectivity index (χ3n) is 2.34. The Labute approximate surface area is 102 Å². The Hall–Kier alpha value is -1.18. The van der Waals surface area contributed by atoms with Crippen molar-refractivity contribution >= 4 is 18.6 Å². The standard InChI is InChI=1S/C13H17NO2P/c1-4-15-17(2,3)16-12-7-8-13-11(10-12)6-5-9-14-13/h5-10H,4H2,1-3H3/q+1. The molecule has 4 heteroatoms. The average molecular weight is 250 g/mol. The van der Waals surface area contributed by atoms with Crippen LogP contribution in [-0.2, 0) is 4.52 Å². The van der Waals surface area contributed by atoms with Gasteiger partial charge in [0.1, 0.15) is 13.3 Å². The normalized spacial score (nSPS) is 11.7. The van der Waals surface area contributed by atoms with E-state index in [2.05, 4.69) is 4.98 Å².